The van der Waals surface area contributed by atoms with Crippen molar-refractivity contribution in [2.45, 2.75) is 6.42 Å². The lowest BCUT2D eigenvalue weighted by atomic mass is 10.0. The van der Waals surface area contributed by atoms with Crippen LogP contribution >= 0.6 is 0 Å². The zero-order chi connectivity index (χ0) is 9.80. The number of nitrogens with zero attached hydrogens (tertiary/aromatic N) is 1. The molecule has 0 saturated heterocycles. The predicted molar refractivity (Wildman–Crippen MR) is 56.3 cm³/mol. The number of hydrogen-bond acceptors (Lipinski definition) is 3. The molecule has 3 heteroatoms. The van der Waals surface area contributed by atoms with Crippen molar-refractivity contribution in [2.75, 3.05) is 20.2 Å². The molecule has 1 aliphatic heterocycles. The molecule has 74 valence electrons. The summed E-state index contributed by atoms with van der Waals surface area (Å²) in [5.74, 6) is 0.821. The van der Waals surface area contributed by atoms with Crippen LogP contribution < -0.4 is 10.1 Å². The van der Waals surface area contributed by atoms with Crippen LogP contribution in [0.3, 0.4) is 0 Å². The van der Waals surface area contributed by atoms with E-state index >= 15 is 0 Å². The van der Waals surface area contributed by atoms with Crippen LogP contribution in [0.25, 0.3) is 5.57 Å². The molecule has 0 amide bonds. The number of ether oxygens (including phenoxy) is 1. The van der Waals surface area contributed by atoms with Gasteiger partial charge in [-0.3, -0.25) is 4.98 Å². The van der Waals surface area contributed by atoms with Crippen molar-refractivity contribution in [1.82, 2.24) is 10.3 Å². The highest BCUT2D eigenvalue weighted by Gasteiger charge is 2.06. The van der Waals surface area contributed by atoms with E-state index in [1.54, 1.807) is 13.3 Å². The standard InChI is InChI=1S/C11H14N2O/c1-14-11-6-10(7-13-8-11)9-2-4-12-5-3-9/h2,6-8,12H,3-5H2,1H3. The zero-order valence-corrected chi connectivity index (χ0v) is 8.29. The van der Waals surface area contributed by atoms with Crippen molar-refractivity contribution in [3.63, 3.8) is 0 Å². The summed E-state index contributed by atoms with van der Waals surface area (Å²) in [7, 11) is 1.66. The molecular weight excluding hydrogens is 176 g/mol. The van der Waals surface area contributed by atoms with Crippen molar-refractivity contribution in [3.8, 4) is 5.75 Å². The molecule has 0 radical (unpaired) electrons. The number of methoxy groups -OCH3 is 1. The minimum atomic E-state index is 0.821. The largest absolute Gasteiger partial charge is 0.495 e. The number of rotatable bonds is 2. The molecule has 0 bridgehead atoms. The van der Waals surface area contributed by atoms with Gasteiger partial charge in [0.25, 0.3) is 0 Å². The van der Waals surface area contributed by atoms with Crippen LogP contribution in [-0.2, 0) is 0 Å². The molecule has 3 nitrogen and oxygen atoms in total. The second-order valence-electron chi connectivity index (χ2n) is 3.30. The van der Waals surface area contributed by atoms with Gasteiger partial charge in [0.2, 0.25) is 0 Å². The fourth-order valence-electron chi connectivity index (χ4n) is 1.59. The van der Waals surface area contributed by atoms with Crippen molar-refractivity contribution in [1.29, 1.82) is 0 Å². The molecule has 1 aliphatic rings. The van der Waals surface area contributed by atoms with Gasteiger partial charge in [-0.15, -0.1) is 0 Å². The molecule has 0 atom stereocenters. The van der Waals surface area contributed by atoms with Crippen LogP contribution in [0.5, 0.6) is 5.75 Å². The zero-order valence-electron chi connectivity index (χ0n) is 8.29. The van der Waals surface area contributed by atoms with Gasteiger partial charge in [0.15, 0.2) is 0 Å². The third-order valence-electron chi connectivity index (χ3n) is 2.38. The Labute approximate surface area is 83.8 Å². The van der Waals surface area contributed by atoms with Crippen LogP contribution in [0.2, 0.25) is 0 Å². The lowest BCUT2D eigenvalue weighted by molar-refractivity contribution is 0.412. The van der Waals surface area contributed by atoms with Gasteiger partial charge >= 0.3 is 0 Å². The molecule has 0 unspecified atom stereocenters. The summed E-state index contributed by atoms with van der Waals surface area (Å²) < 4.78 is 5.14. The monoisotopic (exact) mass is 190 g/mol. The van der Waals surface area contributed by atoms with E-state index in [-0.39, 0.29) is 0 Å². The van der Waals surface area contributed by atoms with Gasteiger partial charge in [0.05, 0.1) is 13.3 Å². The van der Waals surface area contributed by atoms with Gasteiger partial charge in [-0.05, 0) is 30.2 Å². The summed E-state index contributed by atoms with van der Waals surface area (Å²) in [6, 6.07) is 2.03. The van der Waals surface area contributed by atoms with E-state index < -0.39 is 0 Å². The van der Waals surface area contributed by atoms with Crippen LogP contribution in [-0.4, -0.2) is 25.2 Å². The van der Waals surface area contributed by atoms with Gasteiger partial charge in [-0.25, -0.2) is 0 Å². The first kappa shape index (κ1) is 9.21. The minimum absolute atomic E-state index is 0.821. The summed E-state index contributed by atoms with van der Waals surface area (Å²) in [5.41, 5.74) is 2.53. The predicted octanol–water partition coefficient (Wildman–Crippen LogP) is 1.47. The van der Waals surface area contributed by atoms with Crippen LogP contribution in [0.4, 0.5) is 0 Å². The lowest BCUT2D eigenvalue weighted by Crippen LogP contribution is -2.20. The SMILES string of the molecule is COc1cncc(C2=CCNCC2)c1. The maximum atomic E-state index is 5.14. The van der Waals surface area contributed by atoms with E-state index in [1.807, 2.05) is 12.3 Å². The van der Waals surface area contributed by atoms with Crippen molar-refractivity contribution >= 4 is 5.57 Å². The van der Waals surface area contributed by atoms with Crippen molar-refractivity contribution < 1.29 is 4.74 Å². The van der Waals surface area contributed by atoms with Gasteiger partial charge in [0.1, 0.15) is 5.75 Å². The Morgan fingerprint density at radius 2 is 2.36 bits per heavy atom. The van der Waals surface area contributed by atoms with Gasteiger partial charge in [-0.1, -0.05) is 6.08 Å². The molecule has 1 N–H and O–H groups in total. The summed E-state index contributed by atoms with van der Waals surface area (Å²) in [4.78, 5) is 4.14. The number of aromatic nitrogens is 1. The Kier molecular flexibility index (Phi) is 2.79. The Bertz CT molecular complexity index is 347. The highest BCUT2D eigenvalue weighted by molar-refractivity contribution is 5.66. The summed E-state index contributed by atoms with van der Waals surface area (Å²) in [6.45, 7) is 2.00. The van der Waals surface area contributed by atoms with Crippen LogP contribution in [0, 0.1) is 0 Å². The van der Waals surface area contributed by atoms with Gasteiger partial charge in [0, 0.05) is 12.7 Å². The smallest absolute Gasteiger partial charge is 0.137 e. The molecule has 2 heterocycles. The van der Waals surface area contributed by atoms with Crippen molar-refractivity contribution in [3.05, 3.63) is 30.1 Å². The first-order valence-corrected chi connectivity index (χ1v) is 4.79. The first-order valence-electron chi connectivity index (χ1n) is 4.79. The molecule has 14 heavy (non-hydrogen) atoms. The second-order valence-corrected chi connectivity index (χ2v) is 3.30. The molecule has 2 rings (SSSR count). The van der Waals surface area contributed by atoms with Crippen LogP contribution in [0.1, 0.15) is 12.0 Å². The minimum Gasteiger partial charge on any atom is -0.495 e. The van der Waals surface area contributed by atoms with E-state index in [2.05, 4.69) is 16.4 Å². The van der Waals surface area contributed by atoms with E-state index in [0.29, 0.717) is 0 Å². The Morgan fingerprint density at radius 3 is 3.07 bits per heavy atom. The maximum absolute atomic E-state index is 5.14. The number of pyridine rings is 1. The average molecular weight is 190 g/mol. The maximum Gasteiger partial charge on any atom is 0.137 e. The third kappa shape index (κ3) is 1.93. The average Bonchev–Trinajstić information content (AvgIpc) is 2.30. The molecule has 0 spiro atoms. The Balaban J connectivity index is 2.26. The second kappa shape index (κ2) is 4.24. The molecule has 1 aromatic heterocycles. The molecule has 0 aromatic carbocycles. The van der Waals surface area contributed by atoms with Crippen molar-refractivity contribution in [2.24, 2.45) is 0 Å². The summed E-state index contributed by atoms with van der Waals surface area (Å²) in [6.07, 6.45) is 6.89. The highest BCUT2D eigenvalue weighted by atomic mass is 16.5. The summed E-state index contributed by atoms with van der Waals surface area (Å²) >= 11 is 0. The number of nitrogens with one attached hydrogen (secondary N) is 1. The summed E-state index contributed by atoms with van der Waals surface area (Å²) in [5, 5.41) is 3.29. The first-order chi connectivity index (χ1) is 6.90. The van der Waals surface area contributed by atoms with Crippen LogP contribution in [0.15, 0.2) is 24.5 Å². The highest BCUT2D eigenvalue weighted by Crippen LogP contribution is 2.21. The fraction of sp³-hybridized carbons (Fsp3) is 0.364. The molecule has 0 saturated carbocycles. The van der Waals surface area contributed by atoms with Gasteiger partial charge in [-0.2, -0.15) is 0 Å². The molecule has 0 fully saturated rings. The number of hydrogen-bond donors (Lipinski definition) is 1. The molecule has 0 aliphatic carbocycles. The Hall–Kier alpha value is -1.35. The molecule has 1 aromatic rings. The van der Waals surface area contributed by atoms with E-state index in [4.69, 9.17) is 4.74 Å². The topological polar surface area (TPSA) is 34.1 Å². The van der Waals surface area contributed by atoms with E-state index in [1.165, 1.54) is 11.1 Å². The quantitative estimate of drug-likeness (QED) is 0.766. The molecular formula is C11H14N2O. The van der Waals surface area contributed by atoms with Gasteiger partial charge < -0.3 is 10.1 Å². The lowest BCUT2D eigenvalue weighted by Gasteiger charge is -2.14. The Morgan fingerprint density at radius 1 is 1.43 bits per heavy atom. The van der Waals surface area contributed by atoms with E-state index in [0.717, 1.165) is 25.3 Å². The third-order valence-corrected chi connectivity index (χ3v) is 2.38. The fourth-order valence-corrected chi connectivity index (χ4v) is 1.59. The normalized spacial score (nSPS) is 16.2. The van der Waals surface area contributed by atoms with E-state index in [9.17, 15) is 0 Å².